The average molecular weight is 458 g/mol. The topological polar surface area (TPSA) is 81.7 Å². The lowest BCUT2D eigenvalue weighted by Crippen LogP contribution is -2.57. The normalized spacial score (nSPS) is 30.5. The number of nitrogens with zero attached hydrogens (tertiary/aromatic N) is 1. The van der Waals surface area contributed by atoms with Gasteiger partial charge in [0.05, 0.1) is 0 Å². The molecule has 0 bridgehead atoms. The van der Waals surface area contributed by atoms with Crippen molar-refractivity contribution in [2.75, 3.05) is 19.6 Å². The van der Waals surface area contributed by atoms with Crippen LogP contribution in [0.1, 0.15) is 84.6 Å². The van der Waals surface area contributed by atoms with Crippen LogP contribution in [0.15, 0.2) is 24.3 Å². The van der Waals surface area contributed by atoms with E-state index in [1.54, 1.807) is 6.07 Å². The first-order valence-electron chi connectivity index (χ1n) is 12.8. The van der Waals surface area contributed by atoms with Crippen molar-refractivity contribution in [2.24, 2.45) is 5.92 Å². The van der Waals surface area contributed by atoms with Gasteiger partial charge in [-0.3, -0.25) is 9.59 Å². The van der Waals surface area contributed by atoms with Crippen LogP contribution in [0.25, 0.3) is 0 Å². The Kier molecular flexibility index (Phi) is 8.43. The molecule has 33 heavy (non-hydrogen) atoms. The summed E-state index contributed by atoms with van der Waals surface area (Å²) < 4.78 is 0. The lowest BCUT2D eigenvalue weighted by atomic mass is 9.67. The number of amides is 2. The second-order valence-corrected chi connectivity index (χ2v) is 10.6. The predicted octanol–water partition coefficient (Wildman–Crippen LogP) is 4.12. The maximum Gasteiger partial charge on any atom is 0.222 e. The van der Waals surface area contributed by atoms with E-state index < -0.39 is 5.54 Å². The average Bonchev–Trinajstić information content (AvgIpc) is 2.76. The van der Waals surface area contributed by atoms with Crippen LogP contribution in [0.2, 0.25) is 0 Å². The van der Waals surface area contributed by atoms with E-state index in [-0.39, 0.29) is 17.2 Å². The number of carbonyl (C=O) groups is 2. The van der Waals surface area contributed by atoms with Crippen molar-refractivity contribution in [1.82, 2.24) is 15.5 Å². The summed E-state index contributed by atoms with van der Waals surface area (Å²) in [6.07, 6.45) is 6.45. The number of hydrogen-bond donors (Lipinski definition) is 3. The monoisotopic (exact) mass is 457 g/mol. The summed E-state index contributed by atoms with van der Waals surface area (Å²) in [5.74, 6) is 0.901. The SMILES string of the molecule is CCCC(=O)NC1(CC(=O)NCC)CCC(N2CCC(C)(c3cccc(O)c3)C(C)C2)CC1. The summed E-state index contributed by atoms with van der Waals surface area (Å²) in [4.78, 5) is 27.5. The molecule has 0 spiro atoms. The molecule has 3 rings (SSSR count). The summed E-state index contributed by atoms with van der Waals surface area (Å²) >= 11 is 0. The Morgan fingerprint density at radius 2 is 1.88 bits per heavy atom. The molecule has 1 saturated carbocycles. The Hall–Kier alpha value is -2.08. The maximum absolute atomic E-state index is 12.4. The molecule has 2 unspecified atom stereocenters. The molecule has 2 fully saturated rings. The number of carbonyl (C=O) groups excluding carboxylic acids is 2. The van der Waals surface area contributed by atoms with Crippen LogP contribution >= 0.6 is 0 Å². The van der Waals surface area contributed by atoms with E-state index in [1.165, 1.54) is 5.56 Å². The van der Waals surface area contributed by atoms with Crippen LogP contribution < -0.4 is 10.6 Å². The molecular weight excluding hydrogens is 414 g/mol. The Balaban J connectivity index is 1.64. The van der Waals surface area contributed by atoms with Gasteiger partial charge in [0.2, 0.25) is 11.8 Å². The number of phenols is 1. The molecule has 184 valence electrons. The Bertz CT molecular complexity index is 797. The first-order chi connectivity index (χ1) is 15.7. The van der Waals surface area contributed by atoms with Crippen LogP contribution in [0.3, 0.4) is 0 Å². The van der Waals surface area contributed by atoms with E-state index >= 15 is 0 Å². The van der Waals surface area contributed by atoms with Gasteiger partial charge in [-0.1, -0.05) is 32.9 Å². The Labute approximate surface area is 199 Å². The van der Waals surface area contributed by atoms with Gasteiger partial charge in [0, 0.05) is 37.5 Å². The third-order valence-electron chi connectivity index (χ3n) is 8.20. The summed E-state index contributed by atoms with van der Waals surface area (Å²) in [6.45, 7) is 11.3. The Morgan fingerprint density at radius 1 is 1.15 bits per heavy atom. The van der Waals surface area contributed by atoms with Gasteiger partial charge in [-0.2, -0.15) is 0 Å². The molecular formula is C27H43N3O3. The van der Waals surface area contributed by atoms with Crippen LogP contribution in [0, 0.1) is 5.92 Å². The molecule has 2 aliphatic rings. The van der Waals surface area contributed by atoms with Crippen LogP contribution in [0.5, 0.6) is 5.75 Å². The summed E-state index contributed by atoms with van der Waals surface area (Å²) in [7, 11) is 0. The van der Waals surface area contributed by atoms with Crippen molar-refractivity contribution < 1.29 is 14.7 Å². The van der Waals surface area contributed by atoms with E-state index in [1.807, 2.05) is 26.0 Å². The standard InChI is InChI=1S/C27H43N3O3/c1-5-8-24(32)29-27(18-25(33)28-6-2)13-11-22(12-14-27)30-16-15-26(4,20(3)19-30)21-9-7-10-23(31)17-21/h7,9-10,17,20,22,31H,5-6,8,11-16,18-19H2,1-4H3,(H,28,33)(H,29,32). The number of benzene rings is 1. The second-order valence-electron chi connectivity index (χ2n) is 10.6. The highest BCUT2D eigenvalue weighted by Crippen LogP contribution is 2.42. The van der Waals surface area contributed by atoms with Gasteiger partial charge in [-0.05, 0) is 81.0 Å². The van der Waals surface area contributed by atoms with E-state index in [2.05, 4.69) is 35.4 Å². The maximum atomic E-state index is 12.4. The third kappa shape index (κ3) is 6.08. The summed E-state index contributed by atoms with van der Waals surface area (Å²) in [6, 6.07) is 8.23. The third-order valence-corrected chi connectivity index (χ3v) is 8.20. The molecule has 2 atom stereocenters. The lowest BCUT2D eigenvalue weighted by Gasteiger charge is -2.50. The number of piperidine rings is 1. The quantitative estimate of drug-likeness (QED) is 0.549. The summed E-state index contributed by atoms with van der Waals surface area (Å²) in [5.41, 5.74) is 0.859. The number of likely N-dealkylation sites (tertiary alicyclic amines) is 1. The highest BCUT2D eigenvalue weighted by atomic mass is 16.3. The minimum Gasteiger partial charge on any atom is -0.508 e. The van der Waals surface area contributed by atoms with E-state index in [0.29, 0.717) is 37.1 Å². The summed E-state index contributed by atoms with van der Waals surface area (Å²) in [5, 5.41) is 16.1. The van der Waals surface area contributed by atoms with Gasteiger partial charge in [0.25, 0.3) is 0 Å². The minimum atomic E-state index is -0.417. The second kappa shape index (κ2) is 10.9. The van der Waals surface area contributed by atoms with Crippen molar-refractivity contribution in [2.45, 2.75) is 96.1 Å². The number of nitrogens with one attached hydrogen (secondary N) is 2. The zero-order chi connectivity index (χ0) is 24.1. The number of rotatable bonds is 8. The van der Waals surface area contributed by atoms with Crippen LogP contribution in [-0.4, -0.2) is 53.0 Å². The Morgan fingerprint density at radius 3 is 2.48 bits per heavy atom. The van der Waals surface area contributed by atoms with Gasteiger partial charge in [0.1, 0.15) is 5.75 Å². The van der Waals surface area contributed by atoms with Crippen molar-refractivity contribution in [3.05, 3.63) is 29.8 Å². The highest BCUT2D eigenvalue weighted by molar-refractivity contribution is 5.80. The van der Waals surface area contributed by atoms with Gasteiger partial charge in [-0.25, -0.2) is 0 Å². The molecule has 1 aliphatic carbocycles. The van der Waals surface area contributed by atoms with Gasteiger partial charge in [0.15, 0.2) is 0 Å². The molecule has 1 saturated heterocycles. The molecule has 6 nitrogen and oxygen atoms in total. The van der Waals surface area contributed by atoms with Crippen LogP contribution in [0.4, 0.5) is 0 Å². The zero-order valence-electron chi connectivity index (χ0n) is 21.0. The van der Waals surface area contributed by atoms with Crippen LogP contribution in [-0.2, 0) is 15.0 Å². The number of hydrogen-bond acceptors (Lipinski definition) is 4. The molecule has 1 heterocycles. The molecule has 0 radical (unpaired) electrons. The lowest BCUT2D eigenvalue weighted by molar-refractivity contribution is -0.126. The highest BCUT2D eigenvalue weighted by Gasteiger charge is 2.43. The van der Waals surface area contributed by atoms with E-state index in [9.17, 15) is 14.7 Å². The van der Waals surface area contributed by atoms with Crippen molar-refractivity contribution >= 4 is 11.8 Å². The van der Waals surface area contributed by atoms with Crippen molar-refractivity contribution in [1.29, 1.82) is 0 Å². The van der Waals surface area contributed by atoms with Gasteiger partial charge >= 0.3 is 0 Å². The molecule has 1 aromatic carbocycles. The van der Waals surface area contributed by atoms with Gasteiger partial charge in [-0.15, -0.1) is 0 Å². The molecule has 2 amide bonds. The fourth-order valence-corrected chi connectivity index (χ4v) is 5.91. The van der Waals surface area contributed by atoms with Gasteiger partial charge < -0.3 is 20.6 Å². The molecule has 6 heteroatoms. The number of aromatic hydroxyl groups is 1. The smallest absolute Gasteiger partial charge is 0.222 e. The van der Waals surface area contributed by atoms with E-state index in [4.69, 9.17) is 0 Å². The first kappa shape index (κ1) is 25.5. The van der Waals surface area contributed by atoms with Crippen molar-refractivity contribution in [3.63, 3.8) is 0 Å². The largest absolute Gasteiger partial charge is 0.508 e. The molecule has 1 aromatic rings. The zero-order valence-corrected chi connectivity index (χ0v) is 21.0. The minimum absolute atomic E-state index is 0.0289. The molecule has 3 N–H and O–H groups in total. The fraction of sp³-hybridized carbons (Fsp3) is 0.704. The first-order valence-corrected chi connectivity index (χ1v) is 12.8. The van der Waals surface area contributed by atoms with Crippen molar-refractivity contribution in [3.8, 4) is 5.75 Å². The van der Waals surface area contributed by atoms with E-state index in [0.717, 1.165) is 51.6 Å². The number of phenolic OH excluding ortho intramolecular Hbond substituents is 1. The molecule has 0 aromatic heterocycles. The molecule has 1 aliphatic heterocycles. The fourth-order valence-electron chi connectivity index (χ4n) is 5.91. The predicted molar refractivity (Wildman–Crippen MR) is 132 cm³/mol.